The van der Waals surface area contributed by atoms with Crippen LogP contribution in [0.3, 0.4) is 0 Å². The van der Waals surface area contributed by atoms with Crippen LogP contribution in [0.2, 0.25) is 0 Å². The monoisotopic (exact) mass is 279 g/mol. The van der Waals surface area contributed by atoms with E-state index in [9.17, 15) is 9.90 Å². The van der Waals surface area contributed by atoms with Crippen LogP contribution < -0.4 is 5.32 Å². The Labute approximate surface area is 118 Å². The fourth-order valence-electron chi connectivity index (χ4n) is 2.42. The van der Waals surface area contributed by atoms with E-state index >= 15 is 0 Å². The first-order valence-corrected chi connectivity index (χ1v) is 7.85. The molecule has 1 aliphatic rings. The van der Waals surface area contributed by atoms with Crippen molar-refractivity contribution in [1.82, 2.24) is 5.32 Å². The minimum Gasteiger partial charge on any atom is -0.393 e. The lowest BCUT2D eigenvalue weighted by Crippen LogP contribution is -2.33. The molecule has 4 heteroatoms. The van der Waals surface area contributed by atoms with Crippen LogP contribution in [0, 0.1) is 5.92 Å². The molecule has 2 rings (SSSR count). The number of rotatable bonds is 5. The highest BCUT2D eigenvalue weighted by Crippen LogP contribution is 2.23. The van der Waals surface area contributed by atoms with Crippen LogP contribution in [-0.2, 0) is 4.79 Å². The Morgan fingerprint density at radius 3 is 2.84 bits per heavy atom. The van der Waals surface area contributed by atoms with Crippen LogP contribution in [0.15, 0.2) is 35.2 Å². The summed E-state index contributed by atoms with van der Waals surface area (Å²) < 4.78 is 0. The second-order valence-electron chi connectivity index (χ2n) is 5.09. The molecule has 3 nitrogen and oxygen atoms in total. The van der Waals surface area contributed by atoms with E-state index in [2.05, 4.69) is 5.32 Å². The normalized spacial score (nSPS) is 23.0. The molecule has 2 N–H and O–H groups in total. The molecule has 1 aromatic carbocycles. The van der Waals surface area contributed by atoms with Gasteiger partial charge in [-0.1, -0.05) is 24.6 Å². The van der Waals surface area contributed by atoms with Gasteiger partial charge in [0, 0.05) is 11.4 Å². The number of nitrogens with one attached hydrogen (secondary N) is 1. The third-order valence-electron chi connectivity index (χ3n) is 3.46. The summed E-state index contributed by atoms with van der Waals surface area (Å²) in [5.74, 6) is 0.975. The van der Waals surface area contributed by atoms with Gasteiger partial charge in [0.25, 0.3) is 0 Å². The Morgan fingerprint density at radius 2 is 2.11 bits per heavy atom. The molecule has 1 saturated carbocycles. The summed E-state index contributed by atoms with van der Waals surface area (Å²) in [5, 5.41) is 12.6. The molecule has 1 fully saturated rings. The number of benzene rings is 1. The van der Waals surface area contributed by atoms with E-state index < -0.39 is 0 Å². The van der Waals surface area contributed by atoms with Gasteiger partial charge in [-0.3, -0.25) is 4.79 Å². The zero-order valence-corrected chi connectivity index (χ0v) is 11.9. The molecule has 0 aromatic heterocycles. The van der Waals surface area contributed by atoms with Gasteiger partial charge < -0.3 is 10.4 Å². The van der Waals surface area contributed by atoms with E-state index in [1.54, 1.807) is 11.8 Å². The molecule has 0 spiro atoms. The Kier molecular flexibility index (Phi) is 5.73. The number of aliphatic hydroxyl groups is 1. The van der Waals surface area contributed by atoms with Crippen LogP contribution in [-0.4, -0.2) is 29.4 Å². The van der Waals surface area contributed by atoms with Crippen molar-refractivity contribution in [2.75, 3.05) is 12.3 Å². The topological polar surface area (TPSA) is 49.3 Å². The highest BCUT2D eigenvalue weighted by atomic mass is 32.2. The number of carbonyl (C=O) groups is 1. The van der Waals surface area contributed by atoms with E-state index in [4.69, 9.17) is 0 Å². The van der Waals surface area contributed by atoms with Crippen molar-refractivity contribution in [2.45, 2.75) is 36.7 Å². The van der Waals surface area contributed by atoms with Gasteiger partial charge in [0.2, 0.25) is 5.91 Å². The maximum Gasteiger partial charge on any atom is 0.230 e. The zero-order valence-electron chi connectivity index (χ0n) is 11.0. The molecule has 1 aromatic rings. The van der Waals surface area contributed by atoms with E-state index in [1.165, 1.54) is 0 Å². The molecule has 0 heterocycles. The molecule has 0 bridgehead atoms. The van der Waals surface area contributed by atoms with E-state index in [-0.39, 0.29) is 12.0 Å². The number of aliphatic hydroxyl groups excluding tert-OH is 1. The maximum atomic E-state index is 11.7. The summed E-state index contributed by atoms with van der Waals surface area (Å²) in [4.78, 5) is 12.9. The highest BCUT2D eigenvalue weighted by molar-refractivity contribution is 8.00. The lowest BCUT2D eigenvalue weighted by molar-refractivity contribution is -0.118. The van der Waals surface area contributed by atoms with Crippen molar-refractivity contribution in [2.24, 2.45) is 5.92 Å². The van der Waals surface area contributed by atoms with Crippen molar-refractivity contribution in [1.29, 1.82) is 0 Å². The summed E-state index contributed by atoms with van der Waals surface area (Å²) >= 11 is 1.55. The van der Waals surface area contributed by atoms with Crippen molar-refractivity contribution in [3.05, 3.63) is 30.3 Å². The number of carbonyl (C=O) groups excluding carboxylic acids is 1. The van der Waals surface area contributed by atoms with Gasteiger partial charge in [-0.2, -0.15) is 0 Å². The van der Waals surface area contributed by atoms with E-state index in [1.807, 2.05) is 30.3 Å². The molecule has 0 aliphatic heterocycles. The molecular formula is C15H21NO2S. The molecule has 2 atom stereocenters. The fourth-order valence-corrected chi connectivity index (χ4v) is 3.17. The van der Waals surface area contributed by atoms with Crippen LogP contribution in [0.4, 0.5) is 0 Å². The predicted octanol–water partition coefficient (Wildman–Crippen LogP) is 2.45. The number of amides is 1. The lowest BCUT2D eigenvalue weighted by Gasteiger charge is -2.25. The average Bonchev–Trinajstić information content (AvgIpc) is 2.44. The summed E-state index contributed by atoms with van der Waals surface area (Å²) in [6.45, 7) is 0.700. The lowest BCUT2D eigenvalue weighted by atomic mass is 9.87. The number of hydrogen-bond donors (Lipinski definition) is 2. The van der Waals surface area contributed by atoms with E-state index in [0.29, 0.717) is 18.2 Å². The third-order valence-corrected chi connectivity index (χ3v) is 4.47. The average molecular weight is 279 g/mol. The van der Waals surface area contributed by atoms with Crippen molar-refractivity contribution in [3.63, 3.8) is 0 Å². The predicted molar refractivity (Wildman–Crippen MR) is 78.1 cm³/mol. The standard InChI is InChI=1S/C15H21NO2S/c17-13-6-4-5-12(9-13)10-16-15(18)11-19-14-7-2-1-3-8-14/h1-3,7-8,12-13,17H,4-6,9-11H2,(H,16,18). The molecule has 1 amide bonds. The van der Waals surface area contributed by atoms with Gasteiger partial charge in [0.05, 0.1) is 11.9 Å². The van der Waals surface area contributed by atoms with Crippen molar-refractivity contribution >= 4 is 17.7 Å². The molecule has 0 saturated heterocycles. The quantitative estimate of drug-likeness (QED) is 0.814. The zero-order chi connectivity index (χ0) is 13.5. The fraction of sp³-hybridized carbons (Fsp3) is 0.533. The summed E-state index contributed by atoms with van der Waals surface area (Å²) in [5.41, 5.74) is 0. The third kappa shape index (κ3) is 5.25. The van der Waals surface area contributed by atoms with Gasteiger partial charge in [-0.05, 0) is 37.3 Å². The smallest absolute Gasteiger partial charge is 0.230 e. The number of hydrogen-bond acceptors (Lipinski definition) is 3. The van der Waals surface area contributed by atoms with Gasteiger partial charge >= 0.3 is 0 Å². The summed E-state index contributed by atoms with van der Waals surface area (Å²) in [7, 11) is 0. The van der Waals surface area contributed by atoms with Gasteiger partial charge in [0.1, 0.15) is 0 Å². The maximum absolute atomic E-state index is 11.7. The Hall–Kier alpha value is -1.00. The van der Waals surface area contributed by atoms with Crippen LogP contribution in [0.5, 0.6) is 0 Å². The minimum atomic E-state index is -0.172. The largest absolute Gasteiger partial charge is 0.393 e. The van der Waals surface area contributed by atoms with Crippen LogP contribution in [0.25, 0.3) is 0 Å². The molecule has 1 aliphatic carbocycles. The van der Waals surface area contributed by atoms with E-state index in [0.717, 1.165) is 30.6 Å². The van der Waals surface area contributed by atoms with Gasteiger partial charge in [-0.25, -0.2) is 0 Å². The van der Waals surface area contributed by atoms with Crippen LogP contribution >= 0.6 is 11.8 Å². The summed E-state index contributed by atoms with van der Waals surface area (Å²) in [6.07, 6.45) is 3.75. The minimum absolute atomic E-state index is 0.0777. The summed E-state index contributed by atoms with van der Waals surface area (Å²) in [6, 6.07) is 9.94. The Bertz CT molecular complexity index is 396. The Balaban J connectivity index is 1.64. The van der Waals surface area contributed by atoms with Crippen LogP contribution in [0.1, 0.15) is 25.7 Å². The molecule has 2 unspecified atom stereocenters. The SMILES string of the molecule is O=C(CSc1ccccc1)NCC1CCCC(O)C1. The molecule has 0 radical (unpaired) electrons. The molecular weight excluding hydrogens is 258 g/mol. The van der Waals surface area contributed by atoms with Crippen molar-refractivity contribution in [3.8, 4) is 0 Å². The second kappa shape index (κ2) is 7.56. The van der Waals surface area contributed by atoms with Gasteiger partial charge in [-0.15, -0.1) is 11.8 Å². The number of thioether (sulfide) groups is 1. The first-order valence-electron chi connectivity index (χ1n) is 6.86. The molecule has 104 valence electrons. The Morgan fingerprint density at radius 1 is 1.32 bits per heavy atom. The first kappa shape index (κ1) is 14.4. The second-order valence-corrected chi connectivity index (χ2v) is 6.14. The molecule has 19 heavy (non-hydrogen) atoms. The highest BCUT2D eigenvalue weighted by Gasteiger charge is 2.20. The first-order chi connectivity index (χ1) is 9.24. The van der Waals surface area contributed by atoms with Gasteiger partial charge in [0.15, 0.2) is 0 Å². The van der Waals surface area contributed by atoms with Crippen molar-refractivity contribution < 1.29 is 9.90 Å².